The highest BCUT2D eigenvalue weighted by molar-refractivity contribution is 7.99. The van der Waals surface area contributed by atoms with Crippen LogP contribution in [0.25, 0.3) is 89.8 Å². The lowest BCUT2D eigenvalue weighted by Gasteiger charge is -2.18. The highest BCUT2D eigenvalue weighted by Gasteiger charge is 2.22. The van der Waals surface area contributed by atoms with Crippen LogP contribution < -0.4 is 0 Å². The van der Waals surface area contributed by atoms with Gasteiger partial charge < -0.3 is 0 Å². The van der Waals surface area contributed by atoms with Gasteiger partial charge in [0.25, 0.3) is 0 Å². The maximum Gasteiger partial charge on any atom is 0.164 e. The van der Waals surface area contributed by atoms with Crippen LogP contribution in [0.3, 0.4) is 0 Å². The molecule has 0 aliphatic carbocycles. The number of hydrogen-bond acceptors (Lipinski definition) is 5. The quantitative estimate of drug-likeness (QED) is 0.181. The summed E-state index contributed by atoms with van der Waals surface area (Å²) >= 11 is 1.81. The number of hydrogen-bond donors (Lipinski definition) is 0. The van der Waals surface area contributed by atoms with Gasteiger partial charge in [0, 0.05) is 38.9 Å². The SMILES string of the molecule is c1ccc(-c2nc(-c3ccc(-c4cccnc4)cc3)nc(-c3ccc4c(c3)-c3ccccc3Sc3ccccc3-c3ccccc3-c3ccccc3-4)n2)cc1. The van der Waals surface area contributed by atoms with E-state index in [1.165, 1.54) is 37.6 Å². The smallest absolute Gasteiger partial charge is 0.164 e. The molecule has 0 bridgehead atoms. The fourth-order valence-corrected chi connectivity index (χ4v) is 8.52. The molecule has 2 aromatic heterocycles. The molecule has 1 aliphatic heterocycles. The van der Waals surface area contributed by atoms with Gasteiger partial charge >= 0.3 is 0 Å². The maximum atomic E-state index is 5.16. The Kier molecular flexibility index (Phi) is 8.39. The van der Waals surface area contributed by atoms with Gasteiger partial charge in [-0.2, -0.15) is 0 Å². The minimum Gasteiger partial charge on any atom is -0.264 e. The van der Waals surface area contributed by atoms with Crippen LogP contribution in [-0.4, -0.2) is 19.9 Å². The van der Waals surface area contributed by atoms with Gasteiger partial charge in [0.2, 0.25) is 0 Å². The molecule has 0 N–H and O–H groups in total. The summed E-state index contributed by atoms with van der Waals surface area (Å²) < 4.78 is 0. The second-order valence-corrected chi connectivity index (χ2v) is 14.5. The molecule has 1 aliphatic rings. The van der Waals surface area contributed by atoms with E-state index in [2.05, 4.69) is 151 Å². The summed E-state index contributed by atoms with van der Waals surface area (Å²) in [5, 5.41) is 0. The lowest BCUT2D eigenvalue weighted by Crippen LogP contribution is -2.01. The van der Waals surface area contributed by atoms with E-state index in [-0.39, 0.29) is 0 Å². The van der Waals surface area contributed by atoms with Gasteiger partial charge in [-0.3, -0.25) is 4.98 Å². The Morgan fingerprint density at radius 3 is 1.29 bits per heavy atom. The van der Waals surface area contributed by atoms with Gasteiger partial charge in [-0.15, -0.1) is 0 Å². The zero-order valence-corrected chi connectivity index (χ0v) is 30.5. The first-order valence-corrected chi connectivity index (χ1v) is 19.1. The number of pyridine rings is 1. The molecule has 4 nitrogen and oxygen atoms in total. The van der Waals surface area contributed by atoms with Gasteiger partial charge in [-0.25, -0.2) is 15.0 Å². The second kappa shape index (κ2) is 14.1. The number of aromatic nitrogens is 4. The fraction of sp³-hybridized carbons (Fsp3) is 0. The molecule has 55 heavy (non-hydrogen) atoms. The Morgan fingerprint density at radius 2 is 0.709 bits per heavy atom. The van der Waals surface area contributed by atoms with Crippen LogP contribution in [-0.2, 0) is 0 Å². The van der Waals surface area contributed by atoms with Gasteiger partial charge in [0.05, 0.1) is 0 Å². The van der Waals surface area contributed by atoms with E-state index < -0.39 is 0 Å². The minimum absolute atomic E-state index is 0.617. The third kappa shape index (κ3) is 6.21. The van der Waals surface area contributed by atoms with Crippen molar-refractivity contribution in [3.8, 4) is 89.8 Å². The van der Waals surface area contributed by atoms with E-state index in [4.69, 9.17) is 15.0 Å². The summed E-state index contributed by atoms with van der Waals surface area (Å²) in [5.74, 6) is 1.86. The minimum atomic E-state index is 0.617. The summed E-state index contributed by atoms with van der Waals surface area (Å²) in [6.07, 6.45) is 3.67. The Balaban J connectivity index is 1.19. The zero-order valence-electron chi connectivity index (χ0n) is 29.7. The van der Waals surface area contributed by atoms with Crippen molar-refractivity contribution in [1.82, 2.24) is 19.9 Å². The molecule has 9 aromatic rings. The molecule has 0 radical (unpaired) electrons. The summed E-state index contributed by atoms with van der Waals surface area (Å²) in [6, 6.07) is 64.2. The molecular formula is C50H32N4S. The molecule has 0 saturated carbocycles. The molecule has 0 unspecified atom stereocenters. The second-order valence-electron chi connectivity index (χ2n) is 13.4. The Bertz CT molecular complexity index is 2840. The van der Waals surface area contributed by atoms with Gasteiger partial charge in [-0.05, 0) is 79.9 Å². The number of nitrogens with zero attached hydrogens (tertiary/aromatic N) is 4. The predicted octanol–water partition coefficient (Wildman–Crippen LogP) is 13.1. The van der Waals surface area contributed by atoms with Gasteiger partial charge in [0.1, 0.15) is 0 Å². The fourth-order valence-electron chi connectivity index (χ4n) is 7.42. The standard InChI is InChI=1S/C50H32N4S/c1-2-13-34(14-3-1)48-52-49(35-26-24-33(25-27-35)37-15-12-30-51-32-37)54-50(53-48)36-28-29-42-40-18-5-4-16-38(40)39-17-6-7-19-41(39)43-20-8-10-22-46(43)55-47-23-11-9-21-44(47)45(42)31-36/h1-32H. The highest BCUT2D eigenvalue weighted by Crippen LogP contribution is 2.49. The van der Waals surface area contributed by atoms with Crippen LogP contribution in [0.2, 0.25) is 0 Å². The molecule has 10 rings (SSSR count). The van der Waals surface area contributed by atoms with Crippen molar-refractivity contribution in [2.75, 3.05) is 0 Å². The van der Waals surface area contributed by atoms with Crippen LogP contribution in [0.4, 0.5) is 0 Å². The average Bonchev–Trinajstić information content (AvgIpc) is 3.28. The first-order valence-electron chi connectivity index (χ1n) is 18.3. The van der Waals surface area contributed by atoms with E-state index in [0.29, 0.717) is 17.5 Å². The largest absolute Gasteiger partial charge is 0.264 e. The lowest BCUT2D eigenvalue weighted by molar-refractivity contribution is 1.07. The van der Waals surface area contributed by atoms with Crippen molar-refractivity contribution in [3.63, 3.8) is 0 Å². The normalized spacial score (nSPS) is 11.6. The monoisotopic (exact) mass is 720 g/mol. The molecule has 0 fully saturated rings. The number of fused-ring (bicyclic) bond motifs is 9. The topological polar surface area (TPSA) is 51.6 Å². The number of rotatable bonds is 4. The van der Waals surface area contributed by atoms with Crippen molar-refractivity contribution in [2.24, 2.45) is 0 Å². The van der Waals surface area contributed by atoms with Crippen LogP contribution in [0.1, 0.15) is 0 Å². The van der Waals surface area contributed by atoms with Crippen LogP contribution in [0, 0.1) is 0 Å². The van der Waals surface area contributed by atoms with Crippen LogP contribution >= 0.6 is 11.8 Å². The summed E-state index contributed by atoms with van der Waals surface area (Å²) in [7, 11) is 0. The third-order valence-electron chi connectivity index (χ3n) is 10.1. The van der Waals surface area contributed by atoms with Crippen molar-refractivity contribution < 1.29 is 0 Å². The molecule has 0 atom stereocenters. The van der Waals surface area contributed by atoms with Crippen LogP contribution in [0.15, 0.2) is 204 Å². The molecule has 0 amide bonds. The Labute approximate surface area is 324 Å². The molecular weight excluding hydrogens is 689 g/mol. The van der Waals surface area contributed by atoms with Crippen LogP contribution in [0.5, 0.6) is 0 Å². The molecule has 3 heterocycles. The number of benzene rings is 7. The molecule has 5 heteroatoms. The third-order valence-corrected chi connectivity index (χ3v) is 11.2. The van der Waals surface area contributed by atoms with E-state index in [1.54, 1.807) is 6.20 Å². The van der Waals surface area contributed by atoms with Crippen molar-refractivity contribution in [3.05, 3.63) is 194 Å². The zero-order chi connectivity index (χ0) is 36.6. The average molecular weight is 721 g/mol. The lowest BCUT2D eigenvalue weighted by atomic mass is 9.86. The van der Waals surface area contributed by atoms with Crippen molar-refractivity contribution >= 4 is 11.8 Å². The summed E-state index contributed by atoms with van der Waals surface area (Å²) in [6.45, 7) is 0. The first-order chi connectivity index (χ1) is 27.3. The van der Waals surface area contributed by atoms with Gasteiger partial charge in [0.15, 0.2) is 17.5 Å². The summed E-state index contributed by atoms with van der Waals surface area (Å²) in [5.41, 5.74) is 14.3. The van der Waals surface area contributed by atoms with Crippen molar-refractivity contribution in [2.45, 2.75) is 9.79 Å². The van der Waals surface area contributed by atoms with Gasteiger partial charge in [-0.1, -0.05) is 169 Å². The van der Waals surface area contributed by atoms with E-state index in [0.717, 1.165) is 44.5 Å². The highest BCUT2D eigenvalue weighted by atomic mass is 32.2. The molecule has 7 aromatic carbocycles. The predicted molar refractivity (Wildman–Crippen MR) is 225 cm³/mol. The Morgan fingerprint density at radius 1 is 0.291 bits per heavy atom. The van der Waals surface area contributed by atoms with Crippen molar-refractivity contribution in [1.29, 1.82) is 0 Å². The van der Waals surface area contributed by atoms with E-state index in [1.807, 2.05) is 54.4 Å². The molecule has 0 saturated heterocycles. The Hall–Kier alpha value is -6.95. The van der Waals surface area contributed by atoms with E-state index >= 15 is 0 Å². The van der Waals surface area contributed by atoms with E-state index in [9.17, 15) is 0 Å². The summed E-state index contributed by atoms with van der Waals surface area (Å²) in [4.78, 5) is 22.0. The maximum absolute atomic E-state index is 5.16. The molecule has 258 valence electrons. The first kappa shape index (κ1) is 32.7. The molecule has 0 spiro atoms.